The van der Waals surface area contributed by atoms with Gasteiger partial charge in [0.1, 0.15) is 0 Å². The summed E-state index contributed by atoms with van der Waals surface area (Å²) in [6.45, 7) is 8.87. The second-order valence-electron chi connectivity index (χ2n) is 9.57. The zero-order valence-corrected chi connectivity index (χ0v) is 21.3. The minimum atomic E-state index is 0.124. The molecule has 0 aliphatic carbocycles. The molecule has 0 aromatic heterocycles. The molecular formula is C32H34BN. The molecule has 0 aliphatic rings. The average Bonchev–Trinajstić information content (AvgIpc) is 2.84. The summed E-state index contributed by atoms with van der Waals surface area (Å²) < 4.78 is 0. The number of rotatable bonds is 6. The van der Waals surface area contributed by atoms with Crippen molar-refractivity contribution in [2.24, 2.45) is 0 Å². The van der Waals surface area contributed by atoms with E-state index in [-0.39, 0.29) is 6.71 Å². The van der Waals surface area contributed by atoms with Gasteiger partial charge in [-0.15, -0.1) is 0 Å². The molecule has 0 fully saturated rings. The van der Waals surface area contributed by atoms with Crippen LogP contribution in [0, 0.1) is 20.8 Å². The molecule has 0 atom stereocenters. The topological polar surface area (TPSA) is 3.24 Å². The van der Waals surface area contributed by atoms with Crippen LogP contribution in [0.5, 0.6) is 0 Å². The Morgan fingerprint density at radius 3 is 1.50 bits per heavy atom. The van der Waals surface area contributed by atoms with E-state index in [1.165, 1.54) is 55.5 Å². The predicted molar refractivity (Wildman–Crippen MR) is 152 cm³/mol. The molecule has 1 nitrogen and oxygen atoms in total. The SMILES string of the molecule is C/C(=C(/B(c1ccc(C)cc1)c1ccc(C)cc1)c1ccc(C)cc1)c1ccccc1N(C)C. The first-order chi connectivity index (χ1) is 16.3. The lowest BCUT2D eigenvalue weighted by atomic mass is 9.34. The van der Waals surface area contributed by atoms with Crippen LogP contribution < -0.4 is 15.8 Å². The maximum atomic E-state index is 2.29. The van der Waals surface area contributed by atoms with Gasteiger partial charge in [-0.05, 0) is 44.9 Å². The zero-order valence-electron chi connectivity index (χ0n) is 21.3. The highest BCUT2D eigenvalue weighted by atomic mass is 15.1. The Kier molecular flexibility index (Phi) is 7.07. The molecule has 34 heavy (non-hydrogen) atoms. The third-order valence-electron chi connectivity index (χ3n) is 6.67. The number of hydrogen-bond donors (Lipinski definition) is 0. The molecule has 0 aliphatic heterocycles. The normalized spacial score (nSPS) is 11.7. The third kappa shape index (κ3) is 5.02. The molecule has 170 valence electrons. The zero-order chi connectivity index (χ0) is 24.2. The summed E-state index contributed by atoms with van der Waals surface area (Å²) in [5.74, 6) is 0. The Balaban J connectivity index is 2.05. The van der Waals surface area contributed by atoms with Gasteiger partial charge in [-0.25, -0.2) is 0 Å². The molecule has 4 aromatic rings. The van der Waals surface area contributed by atoms with Gasteiger partial charge >= 0.3 is 0 Å². The Morgan fingerprint density at radius 1 is 0.588 bits per heavy atom. The van der Waals surface area contributed by atoms with Gasteiger partial charge in [0.05, 0.1) is 0 Å². The molecule has 4 aromatic carbocycles. The van der Waals surface area contributed by atoms with Crippen molar-refractivity contribution < 1.29 is 0 Å². The van der Waals surface area contributed by atoms with Crippen molar-refractivity contribution in [2.45, 2.75) is 27.7 Å². The second kappa shape index (κ2) is 10.2. The van der Waals surface area contributed by atoms with Crippen LogP contribution in [0.3, 0.4) is 0 Å². The quantitative estimate of drug-likeness (QED) is 0.244. The maximum Gasteiger partial charge on any atom is 0.242 e. The van der Waals surface area contributed by atoms with Gasteiger partial charge in [-0.3, -0.25) is 0 Å². The van der Waals surface area contributed by atoms with Crippen molar-refractivity contribution in [1.29, 1.82) is 0 Å². The summed E-state index contributed by atoms with van der Waals surface area (Å²) in [7, 11) is 4.24. The Morgan fingerprint density at radius 2 is 1.03 bits per heavy atom. The van der Waals surface area contributed by atoms with E-state index in [9.17, 15) is 0 Å². The van der Waals surface area contributed by atoms with Crippen molar-refractivity contribution in [2.75, 3.05) is 19.0 Å². The van der Waals surface area contributed by atoms with Crippen molar-refractivity contribution in [3.63, 3.8) is 0 Å². The molecule has 0 bridgehead atoms. The minimum Gasteiger partial charge on any atom is -0.377 e. The fraction of sp³-hybridized carbons (Fsp3) is 0.188. The van der Waals surface area contributed by atoms with Crippen LogP contribution in [0.4, 0.5) is 5.69 Å². The van der Waals surface area contributed by atoms with Gasteiger partial charge in [-0.1, -0.05) is 124 Å². The highest BCUT2D eigenvalue weighted by Crippen LogP contribution is 2.33. The van der Waals surface area contributed by atoms with Gasteiger partial charge < -0.3 is 4.90 Å². The summed E-state index contributed by atoms with van der Waals surface area (Å²) in [5, 5.41) is 0. The first-order valence-corrected chi connectivity index (χ1v) is 12.0. The number of aryl methyl sites for hydroxylation is 3. The largest absolute Gasteiger partial charge is 0.377 e. The van der Waals surface area contributed by atoms with E-state index >= 15 is 0 Å². The lowest BCUT2D eigenvalue weighted by Gasteiger charge is -2.25. The summed E-state index contributed by atoms with van der Waals surface area (Å²) in [6, 6.07) is 35.8. The van der Waals surface area contributed by atoms with Crippen LogP contribution in [0.25, 0.3) is 11.0 Å². The number of benzene rings is 4. The van der Waals surface area contributed by atoms with Gasteiger partial charge in [0.15, 0.2) is 0 Å². The lowest BCUT2D eigenvalue weighted by molar-refractivity contribution is 1.12. The van der Waals surface area contributed by atoms with Crippen LogP contribution in [-0.4, -0.2) is 20.8 Å². The van der Waals surface area contributed by atoms with Gasteiger partial charge in [0.25, 0.3) is 0 Å². The van der Waals surface area contributed by atoms with E-state index in [0.717, 1.165) is 0 Å². The van der Waals surface area contributed by atoms with Crippen LogP contribution in [0.2, 0.25) is 0 Å². The van der Waals surface area contributed by atoms with E-state index in [1.807, 2.05) is 0 Å². The van der Waals surface area contributed by atoms with Gasteiger partial charge in [0.2, 0.25) is 6.71 Å². The highest BCUT2D eigenvalue weighted by molar-refractivity contribution is 7.00. The van der Waals surface area contributed by atoms with Gasteiger partial charge in [-0.2, -0.15) is 0 Å². The summed E-state index contributed by atoms with van der Waals surface area (Å²) in [4.78, 5) is 2.21. The van der Waals surface area contributed by atoms with Crippen LogP contribution in [0.15, 0.2) is 97.1 Å². The van der Waals surface area contributed by atoms with Crippen LogP contribution in [-0.2, 0) is 0 Å². The predicted octanol–water partition coefficient (Wildman–Crippen LogP) is 6.46. The van der Waals surface area contributed by atoms with E-state index in [0.29, 0.717) is 0 Å². The average molecular weight is 443 g/mol. The summed E-state index contributed by atoms with van der Waals surface area (Å²) in [6.07, 6.45) is 0. The first-order valence-electron chi connectivity index (χ1n) is 12.0. The maximum absolute atomic E-state index is 2.29. The molecule has 0 radical (unpaired) electrons. The van der Waals surface area contributed by atoms with E-state index in [1.54, 1.807) is 0 Å². The van der Waals surface area contributed by atoms with Crippen LogP contribution >= 0.6 is 0 Å². The van der Waals surface area contributed by atoms with Crippen LogP contribution in [0.1, 0.15) is 34.7 Å². The first kappa shape index (κ1) is 23.6. The number of para-hydroxylation sites is 1. The van der Waals surface area contributed by atoms with Crippen molar-refractivity contribution in [1.82, 2.24) is 0 Å². The Bertz CT molecular complexity index is 1230. The molecule has 0 unspecified atom stereocenters. The summed E-state index contributed by atoms with van der Waals surface area (Å²) in [5.41, 5.74) is 12.9. The standard InChI is InChI=1S/C32H34BN/c1-23-11-17-27(18-12-23)32(26(4)30-9-7-8-10-31(30)34(5)6)33(28-19-13-24(2)14-20-28)29-21-15-25(3)16-22-29/h7-22H,1-6H3/b32-26-. The molecule has 0 amide bonds. The Labute approximate surface area is 205 Å². The molecule has 4 rings (SSSR count). The number of nitrogens with zero attached hydrogens (tertiary/aromatic N) is 1. The second-order valence-corrected chi connectivity index (χ2v) is 9.57. The molecule has 0 spiro atoms. The fourth-order valence-corrected chi connectivity index (χ4v) is 4.70. The molecule has 0 N–H and O–H groups in total. The number of anilines is 1. The lowest BCUT2D eigenvalue weighted by Crippen LogP contribution is -2.44. The highest BCUT2D eigenvalue weighted by Gasteiger charge is 2.28. The van der Waals surface area contributed by atoms with Crippen molar-refractivity contribution in [3.8, 4) is 0 Å². The molecule has 0 saturated carbocycles. The van der Waals surface area contributed by atoms with E-state index in [4.69, 9.17) is 0 Å². The monoisotopic (exact) mass is 443 g/mol. The third-order valence-corrected chi connectivity index (χ3v) is 6.67. The fourth-order valence-electron chi connectivity index (χ4n) is 4.70. The van der Waals surface area contributed by atoms with Crippen molar-refractivity contribution in [3.05, 3.63) is 125 Å². The summed E-state index contributed by atoms with van der Waals surface area (Å²) >= 11 is 0. The van der Waals surface area contributed by atoms with E-state index < -0.39 is 0 Å². The molecule has 0 saturated heterocycles. The smallest absolute Gasteiger partial charge is 0.242 e. The molecule has 2 heteroatoms. The minimum absolute atomic E-state index is 0.124. The van der Waals surface area contributed by atoms with E-state index in [2.05, 4.69) is 144 Å². The van der Waals surface area contributed by atoms with Crippen molar-refractivity contribution >= 4 is 34.4 Å². The molecule has 0 heterocycles. The van der Waals surface area contributed by atoms with Gasteiger partial charge in [0, 0.05) is 25.3 Å². The molecular weight excluding hydrogens is 409 g/mol. The Hall–Kier alpha value is -3.52. The number of allylic oxidation sites excluding steroid dienone is 1. The number of hydrogen-bond acceptors (Lipinski definition) is 1.